The zero-order chi connectivity index (χ0) is 10.9. The minimum absolute atomic E-state index is 0.698. The molecule has 4 heteroatoms. The first-order valence-corrected chi connectivity index (χ1v) is 5.07. The van der Waals surface area contributed by atoms with Crippen molar-refractivity contribution in [2.45, 2.75) is 31.7 Å². The summed E-state index contributed by atoms with van der Waals surface area (Å²) in [5, 5.41) is 12.2. The van der Waals surface area contributed by atoms with Gasteiger partial charge in [-0.05, 0) is 38.3 Å². The van der Waals surface area contributed by atoms with E-state index in [2.05, 4.69) is 10.3 Å². The van der Waals surface area contributed by atoms with E-state index < -0.39 is 11.5 Å². The van der Waals surface area contributed by atoms with E-state index in [4.69, 9.17) is 5.11 Å². The molecule has 0 amide bonds. The van der Waals surface area contributed by atoms with Gasteiger partial charge in [0.25, 0.3) is 0 Å². The molecule has 0 aliphatic heterocycles. The van der Waals surface area contributed by atoms with E-state index in [1.165, 1.54) is 0 Å². The van der Waals surface area contributed by atoms with Gasteiger partial charge in [0.15, 0.2) is 0 Å². The third kappa shape index (κ3) is 1.79. The summed E-state index contributed by atoms with van der Waals surface area (Å²) in [6.07, 6.45) is 4.06. The molecule has 0 unspecified atom stereocenters. The molecule has 1 heterocycles. The Morgan fingerprint density at radius 1 is 1.60 bits per heavy atom. The fraction of sp³-hybridized carbons (Fsp3) is 0.455. The summed E-state index contributed by atoms with van der Waals surface area (Å²) in [7, 11) is 0. The Bertz CT molecular complexity index is 386. The number of carboxylic acids is 1. The summed E-state index contributed by atoms with van der Waals surface area (Å²) >= 11 is 0. The first kappa shape index (κ1) is 9.96. The predicted octanol–water partition coefficient (Wildman–Crippen LogP) is 1.81. The minimum Gasteiger partial charge on any atom is -0.480 e. The molecule has 0 aromatic carbocycles. The SMILES string of the molecule is Cc1cc(NC2(C(=O)O)CCC2)ccn1. The molecule has 0 spiro atoms. The van der Waals surface area contributed by atoms with E-state index in [0.717, 1.165) is 17.8 Å². The Morgan fingerprint density at radius 3 is 2.80 bits per heavy atom. The van der Waals surface area contributed by atoms with Crippen molar-refractivity contribution in [3.8, 4) is 0 Å². The summed E-state index contributed by atoms with van der Waals surface area (Å²) < 4.78 is 0. The Balaban J connectivity index is 2.17. The van der Waals surface area contributed by atoms with Crippen LogP contribution in [0.25, 0.3) is 0 Å². The number of nitrogens with zero attached hydrogens (tertiary/aromatic N) is 1. The van der Waals surface area contributed by atoms with Crippen LogP contribution in [0.1, 0.15) is 25.0 Å². The topological polar surface area (TPSA) is 62.2 Å². The second kappa shape index (κ2) is 3.53. The lowest BCUT2D eigenvalue weighted by Crippen LogP contribution is -2.52. The number of aryl methyl sites for hydroxylation is 1. The van der Waals surface area contributed by atoms with E-state index in [9.17, 15) is 4.79 Å². The average molecular weight is 206 g/mol. The smallest absolute Gasteiger partial charge is 0.329 e. The number of aliphatic carboxylic acids is 1. The zero-order valence-electron chi connectivity index (χ0n) is 8.66. The van der Waals surface area contributed by atoms with E-state index in [1.54, 1.807) is 12.3 Å². The van der Waals surface area contributed by atoms with Crippen molar-refractivity contribution in [2.75, 3.05) is 5.32 Å². The molecule has 0 atom stereocenters. The monoisotopic (exact) mass is 206 g/mol. The quantitative estimate of drug-likeness (QED) is 0.791. The summed E-state index contributed by atoms with van der Waals surface area (Å²) in [5.41, 5.74) is 0.984. The van der Waals surface area contributed by atoms with Crippen LogP contribution in [0.15, 0.2) is 18.3 Å². The normalized spacial score (nSPS) is 17.9. The number of carbonyl (C=O) groups is 1. The van der Waals surface area contributed by atoms with E-state index >= 15 is 0 Å². The molecule has 2 rings (SSSR count). The molecule has 0 radical (unpaired) electrons. The van der Waals surface area contributed by atoms with Gasteiger partial charge in [-0.3, -0.25) is 4.98 Å². The Hall–Kier alpha value is -1.58. The third-order valence-corrected chi connectivity index (χ3v) is 2.90. The molecule has 2 N–H and O–H groups in total. The van der Waals surface area contributed by atoms with Crippen LogP contribution in [0, 0.1) is 6.92 Å². The van der Waals surface area contributed by atoms with Gasteiger partial charge in [-0.15, -0.1) is 0 Å². The highest BCUT2D eigenvalue weighted by molar-refractivity contribution is 5.84. The molecule has 15 heavy (non-hydrogen) atoms. The van der Waals surface area contributed by atoms with Crippen molar-refractivity contribution < 1.29 is 9.90 Å². The minimum atomic E-state index is -0.761. The number of carboxylic acid groups (broad SMARTS) is 1. The highest BCUT2D eigenvalue weighted by Crippen LogP contribution is 2.35. The number of rotatable bonds is 3. The van der Waals surface area contributed by atoms with Crippen molar-refractivity contribution in [1.82, 2.24) is 4.98 Å². The maximum Gasteiger partial charge on any atom is 0.329 e. The van der Waals surface area contributed by atoms with Gasteiger partial charge in [-0.2, -0.15) is 0 Å². The van der Waals surface area contributed by atoms with Crippen LogP contribution in [-0.2, 0) is 4.79 Å². The molecule has 1 aromatic heterocycles. The Kier molecular flexibility index (Phi) is 2.34. The van der Waals surface area contributed by atoms with Crippen LogP contribution in [0.3, 0.4) is 0 Å². The molecule has 0 saturated heterocycles. The predicted molar refractivity (Wildman–Crippen MR) is 56.8 cm³/mol. The summed E-state index contributed by atoms with van der Waals surface area (Å²) in [6.45, 7) is 1.89. The highest BCUT2D eigenvalue weighted by Gasteiger charge is 2.44. The number of nitrogens with one attached hydrogen (secondary N) is 1. The molecule has 4 nitrogen and oxygen atoms in total. The second-order valence-corrected chi connectivity index (χ2v) is 4.05. The Labute approximate surface area is 88.3 Å². The van der Waals surface area contributed by atoms with E-state index in [-0.39, 0.29) is 0 Å². The molecular weight excluding hydrogens is 192 g/mol. The number of aromatic nitrogens is 1. The van der Waals surface area contributed by atoms with E-state index in [0.29, 0.717) is 12.8 Å². The van der Waals surface area contributed by atoms with Gasteiger partial charge in [0.2, 0.25) is 0 Å². The number of anilines is 1. The highest BCUT2D eigenvalue weighted by atomic mass is 16.4. The lowest BCUT2D eigenvalue weighted by atomic mass is 9.76. The number of hydrogen-bond donors (Lipinski definition) is 2. The van der Waals surface area contributed by atoms with Crippen LogP contribution >= 0.6 is 0 Å². The third-order valence-electron chi connectivity index (χ3n) is 2.90. The van der Waals surface area contributed by atoms with E-state index in [1.807, 2.05) is 13.0 Å². The summed E-state index contributed by atoms with van der Waals surface area (Å²) in [6, 6.07) is 3.67. The molecule has 1 saturated carbocycles. The number of hydrogen-bond acceptors (Lipinski definition) is 3. The molecule has 1 aliphatic carbocycles. The molecule has 0 bridgehead atoms. The fourth-order valence-electron chi connectivity index (χ4n) is 1.82. The average Bonchev–Trinajstić information content (AvgIpc) is 2.11. The summed E-state index contributed by atoms with van der Waals surface area (Å²) in [5.74, 6) is -0.761. The van der Waals surface area contributed by atoms with Crippen LogP contribution in [0.5, 0.6) is 0 Å². The lowest BCUT2D eigenvalue weighted by Gasteiger charge is -2.39. The van der Waals surface area contributed by atoms with Crippen molar-refractivity contribution in [2.24, 2.45) is 0 Å². The van der Waals surface area contributed by atoms with Crippen LogP contribution in [-0.4, -0.2) is 21.6 Å². The van der Waals surface area contributed by atoms with Crippen molar-refractivity contribution in [1.29, 1.82) is 0 Å². The zero-order valence-corrected chi connectivity index (χ0v) is 8.66. The first-order valence-electron chi connectivity index (χ1n) is 5.07. The summed E-state index contributed by atoms with van der Waals surface area (Å²) in [4.78, 5) is 15.2. The molecule has 1 aromatic rings. The van der Waals surface area contributed by atoms with Crippen molar-refractivity contribution in [3.05, 3.63) is 24.0 Å². The number of pyridine rings is 1. The maximum atomic E-state index is 11.1. The van der Waals surface area contributed by atoms with Gasteiger partial charge >= 0.3 is 5.97 Å². The molecule has 1 fully saturated rings. The lowest BCUT2D eigenvalue weighted by molar-refractivity contribution is -0.145. The van der Waals surface area contributed by atoms with Gasteiger partial charge in [0.05, 0.1) is 0 Å². The molecule has 80 valence electrons. The van der Waals surface area contributed by atoms with Gasteiger partial charge in [0.1, 0.15) is 5.54 Å². The second-order valence-electron chi connectivity index (χ2n) is 4.05. The largest absolute Gasteiger partial charge is 0.480 e. The van der Waals surface area contributed by atoms with Crippen molar-refractivity contribution >= 4 is 11.7 Å². The van der Waals surface area contributed by atoms with Crippen LogP contribution < -0.4 is 5.32 Å². The van der Waals surface area contributed by atoms with Crippen molar-refractivity contribution in [3.63, 3.8) is 0 Å². The Morgan fingerprint density at radius 2 is 2.33 bits per heavy atom. The maximum absolute atomic E-state index is 11.1. The van der Waals surface area contributed by atoms with Gasteiger partial charge in [-0.1, -0.05) is 0 Å². The molecular formula is C11H14N2O2. The van der Waals surface area contributed by atoms with Crippen LogP contribution in [0.4, 0.5) is 5.69 Å². The van der Waals surface area contributed by atoms with Gasteiger partial charge in [0, 0.05) is 17.6 Å². The molecule has 1 aliphatic rings. The first-order chi connectivity index (χ1) is 7.12. The van der Waals surface area contributed by atoms with Gasteiger partial charge in [-0.25, -0.2) is 4.79 Å². The fourth-order valence-corrected chi connectivity index (χ4v) is 1.82. The van der Waals surface area contributed by atoms with Gasteiger partial charge < -0.3 is 10.4 Å². The van der Waals surface area contributed by atoms with Crippen LogP contribution in [0.2, 0.25) is 0 Å². The standard InChI is InChI=1S/C11H14N2O2/c1-8-7-9(3-6-12-8)13-11(10(14)15)4-2-5-11/h3,6-7H,2,4-5H2,1H3,(H,12,13)(H,14,15).